The van der Waals surface area contributed by atoms with Crippen molar-refractivity contribution in [3.63, 3.8) is 0 Å². The van der Waals surface area contributed by atoms with E-state index in [9.17, 15) is 0 Å². The Morgan fingerprint density at radius 3 is 2.44 bits per heavy atom. The molecule has 0 N–H and O–H groups in total. The lowest BCUT2D eigenvalue weighted by atomic mass is 9.96. The number of likely N-dealkylation sites (tertiary alicyclic amines) is 1. The third-order valence-corrected chi connectivity index (χ3v) is 5.54. The third kappa shape index (κ3) is 4.28. The van der Waals surface area contributed by atoms with Crippen molar-refractivity contribution >= 4 is 16.7 Å². The summed E-state index contributed by atoms with van der Waals surface area (Å²) in [6.07, 6.45) is 2.50. The first kappa shape index (κ1) is 17.9. The van der Waals surface area contributed by atoms with Gasteiger partial charge in [0, 0.05) is 25.5 Å². The molecule has 0 aliphatic carbocycles. The number of piperidine rings is 1. The van der Waals surface area contributed by atoms with Crippen molar-refractivity contribution in [2.24, 2.45) is 5.92 Å². The van der Waals surface area contributed by atoms with Crippen molar-refractivity contribution in [1.29, 1.82) is 0 Å². The molecule has 0 unspecified atom stereocenters. The van der Waals surface area contributed by atoms with E-state index in [0.29, 0.717) is 0 Å². The van der Waals surface area contributed by atoms with Crippen molar-refractivity contribution in [3.05, 3.63) is 66.0 Å². The summed E-state index contributed by atoms with van der Waals surface area (Å²) in [4.78, 5) is 14.2. The summed E-state index contributed by atoms with van der Waals surface area (Å²) in [5.41, 5.74) is 2.44. The Labute approximate surface area is 161 Å². The van der Waals surface area contributed by atoms with E-state index in [4.69, 9.17) is 4.98 Å². The van der Waals surface area contributed by atoms with Gasteiger partial charge in [0.15, 0.2) is 0 Å². The van der Waals surface area contributed by atoms with Gasteiger partial charge in [0.1, 0.15) is 11.6 Å². The van der Waals surface area contributed by atoms with Crippen molar-refractivity contribution in [3.8, 4) is 0 Å². The largest absolute Gasteiger partial charge is 0.359 e. The zero-order valence-electron chi connectivity index (χ0n) is 16.3. The van der Waals surface area contributed by atoms with Gasteiger partial charge < -0.3 is 4.90 Å². The van der Waals surface area contributed by atoms with Crippen molar-refractivity contribution in [2.45, 2.75) is 26.3 Å². The molecular formula is C23H28N4. The fourth-order valence-electron chi connectivity index (χ4n) is 4.11. The Balaban J connectivity index is 1.38. The van der Waals surface area contributed by atoms with E-state index < -0.39 is 0 Å². The van der Waals surface area contributed by atoms with Crippen LogP contribution in [0.2, 0.25) is 0 Å². The van der Waals surface area contributed by atoms with Gasteiger partial charge in [0.25, 0.3) is 0 Å². The number of nitrogens with zero attached hydrogens (tertiary/aromatic N) is 4. The molecule has 4 heteroatoms. The number of aryl methyl sites for hydroxylation is 1. The van der Waals surface area contributed by atoms with Crippen LogP contribution in [0, 0.1) is 12.8 Å². The number of benzene rings is 2. The number of fused-ring (bicyclic) bond motifs is 1. The second kappa shape index (κ2) is 8.05. The van der Waals surface area contributed by atoms with Crippen LogP contribution >= 0.6 is 0 Å². The van der Waals surface area contributed by atoms with Crippen LogP contribution in [0.4, 0.5) is 5.82 Å². The molecule has 3 aromatic rings. The van der Waals surface area contributed by atoms with Gasteiger partial charge in [-0.15, -0.1) is 0 Å². The van der Waals surface area contributed by atoms with Crippen LogP contribution in [0.3, 0.4) is 0 Å². The average Bonchev–Trinajstić information content (AvgIpc) is 2.69. The number of hydrogen-bond acceptors (Lipinski definition) is 4. The Bertz CT molecular complexity index is 885. The van der Waals surface area contributed by atoms with Crippen molar-refractivity contribution < 1.29 is 0 Å². The summed E-state index contributed by atoms with van der Waals surface area (Å²) >= 11 is 0. The molecule has 0 amide bonds. The minimum absolute atomic E-state index is 0.719. The molecule has 140 valence electrons. The fourth-order valence-corrected chi connectivity index (χ4v) is 4.11. The number of hydrogen-bond donors (Lipinski definition) is 0. The first-order valence-corrected chi connectivity index (χ1v) is 9.90. The monoisotopic (exact) mass is 360 g/mol. The lowest BCUT2D eigenvalue weighted by Gasteiger charge is -2.34. The van der Waals surface area contributed by atoms with E-state index in [2.05, 4.69) is 70.4 Å². The molecule has 1 fully saturated rings. The molecule has 1 aliphatic heterocycles. The number of rotatable bonds is 5. The van der Waals surface area contributed by atoms with E-state index in [0.717, 1.165) is 41.6 Å². The second-order valence-corrected chi connectivity index (χ2v) is 7.70. The molecule has 0 saturated carbocycles. The number of anilines is 1. The molecule has 1 saturated heterocycles. The van der Waals surface area contributed by atoms with Crippen LogP contribution < -0.4 is 4.90 Å². The van der Waals surface area contributed by atoms with E-state index in [1.807, 2.05) is 13.0 Å². The first-order valence-electron chi connectivity index (χ1n) is 9.90. The summed E-state index contributed by atoms with van der Waals surface area (Å²) in [6, 6.07) is 19.1. The highest BCUT2D eigenvalue weighted by Gasteiger charge is 2.21. The third-order valence-electron chi connectivity index (χ3n) is 5.54. The zero-order valence-corrected chi connectivity index (χ0v) is 16.3. The lowest BCUT2D eigenvalue weighted by molar-refractivity contribution is 0.179. The summed E-state index contributed by atoms with van der Waals surface area (Å²) in [5, 5.41) is 1.15. The second-order valence-electron chi connectivity index (χ2n) is 7.70. The Morgan fingerprint density at radius 2 is 1.67 bits per heavy atom. The molecule has 4 rings (SSSR count). The molecule has 2 heterocycles. The predicted octanol–water partition coefficient (Wildman–Crippen LogP) is 4.29. The van der Waals surface area contributed by atoms with Crippen LogP contribution in [0.5, 0.6) is 0 Å². The van der Waals surface area contributed by atoms with Gasteiger partial charge in [-0.3, -0.25) is 4.90 Å². The molecule has 0 radical (unpaired) electrons. The maximum atomic E-state index is 4.74. The number of para-hydroxylation sites is 1. The van der Waals surface area contributed by atoms with Crippen LogP contribution in [-0.2, 0) is 6.54 Å². The highest BCUT2D eigenvalue weighted by molar-refractivity contribution is 5.89. The van der Waals surface area contributed by atoms with Crippen LogP contribution in [-0.4, -0.2) is 41.5 Å². The molecule has 27 heavy (non-hydrogen) atoms. The van der Waals surface area contributed by atoms with Crippen LogP contribution in [0.15, 0.2) is 54.6 Å². The first-order chi connectivity index (χ1) is 13.2. The highest BCUT2D eigenvalue weighted by atomic mass is 15.2. The van der Waals surface area contributed by atoms with Gasteiger partial charge in [0.2, 0.25) is 0 Å². The van der Waals surface area contributed by atoms with E-state index in [1.165, 1.54) is 31.5 Å². The highest BCUT2D eigenvalue weighted by Crippen LogP contribution is 2.26. The standard InChI is InChI=1S/C23H28N4/c1-18-24-22-11-7-6-10-21(22)23(25-18)26(2)16-20-12-14-27(15-13-20)17-19-8-4-3-5-9-19/h3-11,20H,12-17H2,1-2H3. The summed E-state index contributed by atoms with van der Waals surface area (Å²) in [5.74, 6) is 2.62. The summed E-state index contributed by atoms with van der Waals surface area (Å²) in [6.45, 7) is 6.46. The molecule has 0 atom stereocenters. The Morgan fingerprint density at radius 1 is 0.963 bits per heavy atom. The minimum Gasteiger partial charge on any atom is -0.359 e. The molecule has 0 spiro atoms. The van der Waals surface area contributed by atoms with E-state index in [-0.39, 0.29) is 0 Å². The van der Waals surface area contributed by atoms with Crippen LogP contribution in [0.25, 0.3) is 10.9 Å². The maximum absolute atomic E-state index is 4.74. The number of aromatic nitrogens is 2. The van der Waals surface area contributed by atoms with Gasteiger partial charge in [-0.1, -0.05) is 42.5 Å². The van der Waals surface area contributed by atoms with Gasteiger partial charge >= 0.3 is 0 Å². The average molecular weight is 361 g/mol. The van der Waals surface area contributed by atoms with Gasteiger partial charge in [-0.05, 0) is 56.5 Å². The normalized spacial score (nSPS) is 15.9. The predicted molar refractivity (Wildman–Crippen MR) is 112 cm³/mol. The zero-order chi connectivity index (χ0) is 18.6. The summed E-state index contributed by atoms with van der Waals surface area (Å²) in [7, 11) is 2.17. The van der Waals surface area contributed by atoms with E-state index in [1.54, 1.807) is 0 Å². The lowest BCUT2D eigenvalue weighted by Crippen LogP contribution is -2.37. The molecule has 2 aromatic carbocycles. The van der Waals surface area contributed by atoms with Gasteiger partial charge in [-0.25, -0.2) is 9.97 Å². The fraction of sp³-hybridized carbons (Fsp3) is 0.391. The van der Waals surface area contributed by atoms with E-state index >= 15 is 0 Å². The molecule has 4 nitrogen and oxygen atoms in total. The smallest absolute Gasteiger partial charge is 0.139 e. The van der Waals surface area contributed by atoms with Crippen LogP contribution in [0.1, 0.15) is 24.2 Å². The van der Waals surface area contributed by atoms with Crippen molar-refractivity contribution in [2.75, 3.05) is 31.6 Å². The Kier molecular flexibility index (Phi) is 5.35. The Hall–Kier alpha value is -2.46. The van der Waals surface area contributed by atoms with Gasteiger partial charge in [0.05, 0.1) is 5.52 Å². The van der Waals surface area contributed by atoms with Crippen molar-refractivity contribution in [1.82, 2.24) is 14.9 Å². The molecular weight excluding hydrogens is 332 g/mol. The quantitative estimate of drug-likeness (QED) is 0.679. The topological polar surface area (TPSA) is 32.3 Å². The summed E-state index contributed by atoms with van der Waals surface area (Å²) < 4.78 is 0. The van der Waals surface area contributed by atoms with Gasteiger partial charge in [-0.2, -0.15) is 0 Å². The molecule has 1 aromatic heterocycles. The maximum Gasteiger partial charge on any atom is 0.139 e. The molecule has 0 bridgehead atoms. The minimum atomic E-state index is 0.719. The SMILES string of the molecule is Cc1nc(N(C)CC2CCN(Cc3ccccc3)CC2)c2ccccc2n1. The molecule has 1 aliphatic rings.